The lowest BCUT2D eigenvalue weighted by Gasteiger charge is -2.09. The van der Waals surface area contributed by atoms with Gasteiger partial charge in [-0.1, -0.05) is 50.2 Å². The SMILES string of the molecule is Cc1ccc(C(=O)CSC(C)C)c2ccccc12. The van der Waals surface area contributed by atoms with Crippen molar-refractivity contribution in [1.29, 1.82) is 0 Å². The minimum absolute atomic E-state index is 0.227. The Kier molecular flexibility index (Phi) is 4.07. The van der Waals surface area contributed by atoms with Crippen molar-refractivity contribution in [2.45, 2.75) is 26.0 Å². The highest BCUT2D eigenvalue weighted by Crippen LogP contribution is 2.24. The zero-order chi connectivity index (χ0) is 13.1. The summed E-state index contributed by atoms with van der Waals surface area (Å²) >= 11 is 1.70. The quantitative estimate of drug-likeness (QED) is 0.752. The van der Waals surface area contributed by atoms with E-state index >= 15 is 0 Å². The first-order chi connectivity index (χ1) is 8.59. The summed E-state index contributed by atoms with van der Waals surface area (Å²) < 4.78 is 0. The van der Waals surface area contributed by atoms with E-state index in [4.69, 9.17) is 0 Å². The molecule has 0 aliphatic carbocycles. The Morgan fingerprint density at radius 3 is 2.44 bits per heavy atom. The highest BCUT2D eigenvalue weighted by molar-refractivity contribution is 8.00. The van der Waals surface area contributed by atoms with Crippen LogP contribution < -0.4 is 0 Å². The number of fused-ring (bicyclic) bond motifs is 1. The van der Waals surface area contributed by atoms with Crippen LogP contribution in [-0.2, 0) is 0 Å². The van der Waals surface area contributed by atoms with Crippen molar-refractivity contribution in [1.82, 2.24) is 0 Å². The lowest BCUT2D eigenvalue weighted by molar-refractivity contribution is 0.102. The van der Waals surface area contributed by atoms with Crippen LogP contribution in [0.15, 0.2) is 36.4 Å². The van der Waals surface area contributed by atoms with Gasteiger partial charge in [-0.15, -0.1) is 0 Å². The van der Waals surface area contributed by atoms with Gasteiger partial charge in [0.2, 0.25) is 0 Å². The van der Waals surface area contributed by atoms with E-state index in [1.165, 1.54) is 10.9 Å². The number of carbonyl (C=O) groups is 1. The van der Waals surface area contributed by atoms with E-state index in [2.05, 4.69) is 26.8 Å². The van der Waals surface area contributed by atoms with E-state index in [0.717, 1.165) is 10.9 Å². The molecule has 0 N–H and O–H groups in total. The van der Waals surface area contributed by atoms with Crippen LogP contribution in [0.4, 0.5) is 0 Å². The largest absolute Gasteiger partial charge is 0.293 e. The molecular weight excluding hydrogens is 240 g/mol. The zero-order valence-electron chi connectivity index (χ0n) is 11.1. The second kappa shape index (κ2) is 5.57. The van der Waals surface area contributed by atoms with E-state index in [0.29, 0.717) is 11.0 Å². The molecule has 94 valence electrons. The Morgan fingerprint density at radius 2 is 1.78 bits per heavy atom. The maximum Gasteiger partial charge on any atom is 0.173 e. The summed E-state index contributed by atoms with van der Waals surface area (Å²) in [6, 6.07) is 12.1. The minimum Gasteiger partial charge on any atom is -0.293 e. The minimum atomic E-state index is 0.227. The number of thioether (sulfide) groups is 1. The molecule has 0 heterocycles. The van der Waals surface area contributed by atoms with Crippen molar-refractivity contribution in [3.05, 3.63) is 47.5 Å². The van der Waals surface area contributed by atoms with Gasteiger partial charge >= 0.3 is 0 Å². The second-order valence-corrected chi connectivity index (χ2v) is 6.32. The molecule has 1 nitrogen and oxygen atoms in total. The molecule has 2 aromatic rings. The van der Waals surface area contributed by atoms with Gasteiger partial charge in [-0.3, -0.25) is 4.79 Å². The second-order valence-electron chi connectivity index (χ2n) is 4.76. The van der Waals surface area contributed by atoms with Gasteiger partial charge in [0.1, 0.15) is 0 Å². The Balaban J connectivity index is 2.39. The van der Waals surface area contributed by atoms with Crippen LogP contribution in [0, 0.1) is 6.92 Å². The maximum atomic E-state index is 12.3. The van der Waals surface area contributed by atoms with Crippen LogP contribution >= 0.6 is 11.8 Å². The molecule has 0 aliphatic heterocycles. The summed E-state index contributed by atoms with van der Waals surface area (Å²) in [5.41, 5.74) is 2.07. The molecule has 0 bridgehead atoms. The third kappa shape index (κ3) is 2.75. The van der Waals surface area contributed by atoms with Gasteiger partial charge in [-0.25, -0.2) is 0 Å². The maximum absolute atomic E-state index is 12.3. The van der Waals surface area contributed by atoms with Gasteiger partial charge < -0.3 is 0 Å². The highest BCUT2D eigenvalue weighted by atomic mass is 32.2. The van der Waals surface area contributed by atoms with E-state index in [1.807, 2.05) is 30.3 Å². The van der Waals surface area contributed by atoms with Crippen LogP contribution in [0.3, 0.4) is 0 Å². The first-order valence-corrected chi connectivity index (χ1v) is 7.27. The number of ketones is 1. The van der Waals surface area contributed by atoms with Crippen molar-refractivity contribution < 1.29 is 4.79 Å². The van der Waals surface area contributed by atoms with Gasteiger partial charge in [0.25, 0.3) is 0 Å². The number of aryl methyl sites for hydroxylation is 1. The third-order valence-electron chi connectivity index (χ3n) is 2.99. The molecule has 0 atom stereocenters. The Bertz CT molecular complexity index is 572. The van der Waals surface area contributed by atoms with Crippen molar-refractivity contribution in [3.63, 3.8) is 0 Å². The normalized spacial score (nSPS) is 11.1. The Hall–Kier alpha value is -1.28. The summed E-state index contributed by atoms with van der Waals surface area (Å²) in [6.45, 7) is 6.32. The fraction of sp³-hybridized carbons (Fsp3) is 0.312. The van der Waals surface area contributed by atoms with E-state index in [1.54, 1.807) is 11.8 Å². The number of Topliss-reactive ketones (excluding diaryl/α,β-unsaturated/α-hetero) is 1. The summed E-state index contributed by atoms with van der Waals surface area (Å²) in [6.07, 6.45) is 0. The molecule has 0 unspecified atom stereocenters. The molecular formula is C16H18OS. The van der Waals surface area contributed by atoms with E-state index < -0.39 is 0 Å². The molecule has 2 heteroatoms. The molecule has 0 amide bonds. The zero-order valence-corrected chi connectivity index (χ0v) is 11.9. The van der Waals surface area contributed by atoms with Crippen molar-refractivity contribution in [3.8, 4) is 0 Å². The fourth-order valence-electron chi connectivity index (χ4n) is 2.01. The molecule has 2 rings (SSSR count). The van der Waals surface area contributed by atoms with Crippen molar-refractivity contribution in [2.24, 2.45) is 0 Å². The van der Waals surface area contributed by atoms with Crippen LogP contribution in [0.2, 0.25) is 0 Å². The number of carbonyl (C=O) groups excluding carboxylic acids is 1. The molecule has 0 saturated carbocycles. The van der Waals surface area contributed by atoms with Gasteiger partial charge in [-0.2, -0.15) is 11.8 Å². The Morgan fingerprint density at radius 1 is 1.11 bits per heavy atom. The lowest BCUT2D eigenvalue weighted by atomic mass is 9.98. The summed E-state index contributed by atoms with van der Waals surface area (Å²) in [7, 11) is 0. The highest BCUT2D eigenvalue weighted by Gasteiger charge is 2.11. The molecule has 0 aromatic heterocycles. The molecule has 0 fully saturated rings. The molecule has 0 radical (unpaired) electrons. The third-order valence-corrected chi connectivity index (χ3v) is 4.09. The van der Waals surface area contributed by atoms with Crippen molar-refractivity contribution >= 4 is 28.3 Å². The van der Waals surface area contributed by atoms with Gasteiger partial charge in [0.05, 0.1) is 5.75 Å². The lowest BCUT2D eigenvalue weighted by Crippen LogP contribution is -2.06. The smallest absolute Gasteiger partial charge is 0.173 e. The van der Waals surface area contributed by atoms with Crippen LogP contribution in [-0.4, -0.2) is 16.8 Å². The summed E-state index contributed by atoms with van der Waals surface area (Å²) in [5, 5.41) is 2.75. The topological polar surface area (TPSA) is 17.1 Å². The predicted molar refractivity (Wildman–Crippen MR) is 80.6 cm³/mol. The summed E-state index contributed by atoms with van der Waals surface area (Å²) in [4.78, 5) is 12.3. The van der Waals surface area contributed by atoms with Crippen molar-refractivity contribution in [2.75, 3.05) is 5.75 Å². The standard InChI is InChI=1S/C16H18OS/c1-11(2)18-10-16(17)15-9-8-12(3)13-6-4-5-7-14(13)15/h4-9,11H,10H2,1-3H3. The molecule has 0 spiro atoms. The predicted octanol–water partition coefficient (Wildman–Crippen LogP) is 4.47. The molecule has 18 heavy (non-hydrogen) atoms. The monoisotopic (exact) mass is 258 g/mol. The molecule has 0 aliphatic rings. The van der Waals surface area contributed by atoms with Crippen LogP contribution in [0.1, 0.15) is 29.8 Å². The van der Waals surface area contributed by atoms with Gasteiger partial charge in [-0.05, 0) is 28.5 Å². The van der Waals surface area contributed by atoms with E-state index in [-0.39, 0.29) is 5.78 Å². The van der Waals surface area contributed by atoms with Crippen LogP contribution in [0.25, 0.3) is 10.8 Å². The number of hydrogen-bond acceptors (Lipinski definition) is 2. The van der Waals surface area contributed by atoms with E-state index in [9.17, 15) is 4.79 Å². The first kappa shape index (κ1) is 13.2. The average molecular weight is 258 g/mol. The fourth-order valence-corrected chi connectivity index (χ4v) is 2.65. The Labute approximate surface area is 113 Å². The van der Waals surface area contributed by atoms with Gasteiger partial charge in [0, 0.05) is 5.56 Å². The number of benzene rings is 2. The molecule has 0 saturated heterocycles. The average Bonchev–Trinajstić information content (AvgIpc) is 2.37. The van der Waals surface area contributed by atoms with Crippen LogP contribution in [0.5, 0.6) is 0 Å². The summed E-state index contributed by atoms with van der Waals surface area (Å²) in [5.74, 6) is 0.787. The van der Waals surface area contributed by atoms with Gasteiger partial charge in [0.15, 0.2) is 5.78 Å². The first-order valence-electron chi connectivity index (χ1n) is 6.22. The number of hydrogen-bond donors (Lipinski definition) is 0. The molecule has 2 aromatic carbocycles. The number of rotatable bonds is 4.